The number of sulfonamides is 1. The predicted octanol–water partition coefficient (Wildman–Crippen LogP) is 2.01. The molecule has 2 aromatic rings. The summed E-state index contributed by atoms with van der Waals surface area (Å²) < 4.78 is 73.8. The maximum atomic E-state index is 14.0. The summed E-state index contributed by atoms with van der Waals surface area (Å²) in [4.78, 5) is 22.4. The summed E-state index contributed by atoms with van der Waals surface area (Å²) in [5.41, 5.74) is 2.01. The molecule has 0 spiro atoms. The van der Waals surface area contributed by atoms with E-state index in [1.54, 1.807) is 18.2 Å². The lowest BCUT2D eigenvalue weighted by atomic mass is 10.1. The number of piperazine rings is 1. The number of rotatable bonds is 7. The lowest BCUT2D eigenvalue weighted by molar-refractivity contribution is -0.139. The second-order valence-corrected chi connectivity index (χ2v) is 12.1. The first-order chi connectivity index (χ1) is 19.5. The predicted molar refractivity (Wildman–Crippen MR) is 151 cm³/mol. The largest absolute Gasteiger partial charge is 0.406 e. The highest BCUT2D eigenvalue weighted by Gasteiger charge is 2.35. The number of nitrogens with one attached hydrogen (secondary N) is 1. The summed E-state index contributed by atoms with van der Waals surface area (Å²) >= 11 is 0. The van der Waals surface area contributed by atoms with Crippen LogP contribution in [-0.2, 0) is 21.3 Å². The van der Waals surface area contributed by atoms with Gasteiger partial charge in [0.2, 0.25) is 16.0 Å². The maximum Gasteiger partial charge on any atom is 0.406 e. The van der Waals surface area contributed by atoms with Gasteiger partial charge in [0.25, 0.3) is 0 Å². The number of aromatic nitrogens is 4. The van der Waals surface area contributed by atoms with Gasteiger partial charge in [-0.2, -0.15) is 17.5 Å². The van der Waals surface area contributed by atoms with Crippen LogP contribution in [0.2, 0.25) is 0 Å². The van der Waals surface area contributed by atoms with E-state index < -0.39 is 22.7 Å². The molecule has 2 aromatic heterocycles. The fourth-order valence-electron chi connectivity index (χ4n) is 5.20. The van der Waals surface area contributed by atoms with Crippen molar-refractivity contribution in [2.45, 2.75) is 32.5 Å². The molecule has 0 radical (unpaired) electrons. The molecule has 0 amide bonds. The molecule has 0 bridgehead atoms. The van der Waals surface area contributed by atoms with E-state index in [0.29, 0.717) is 44.1 Å². The number of ether oxygens (including phenoxy) is 1. The van der Waals surface area contributed by atoms with Crippen LogP contribution in [0.15, 0.2) is 22.5 Å². The van der Waals surface area contributed by atoms with Crippen LogP contribution < -0.4 is 15.1 Å². The molecule has 1 N–H and O–H groups in total. The lowest BCUT2D eigenvalue weighted by Crippen LogP contribution is -2.49. The zero-order valence-corrected chi connectivity index (χ0v) is 24.1. The number of imidazole rings is 1. The minimum atomic E-state index is -4.55. The van der Waals surface area contributed by atoms with Gasteiger partial charge in [0.1, 0.15) is 12.4 Å². The number of allylic oxidation sites excluding steroid dienone is 3. The average molecular weight is 598 g/mol. The summed E-state index contributed by atoms with van der Waals surface area (Å²) in [6, 6.07) is 0. The molecule has 2 fully saturated rings. The number of hydrogen-bond acceptors (Lipinski definition) is 10. The second kappa shape index (κ2) is 11.6. The summed E-state index contributed by atoms with van der Waals surface area (Å²) in [6.45, 7) is 3.30. The highest BCUT2D eigenvalue weighted by molar-refractivity contribution is 7.88. The van der Waals surface area contributed by atoms with Crippen molar-refractivity contribution in [2.24, 2.45) is 4.99 Å². The van der Waals surface area contributed by atoms with Crippen LogP contribution in [0.3, 0.4) is 0 Å². The third-order valence-electron chi connectivity index (χ3n) is 7.35. The third-order valence-corrected chi connectivity index (χ3v) is 8.66. The molecule has 0 aliphatic carbocycles. The van der Waals surface area contributed by atoms with Gasteiger partial charge in [-0.3, -0.25) is 4.57 Å². The Morgan fingerprint density at radius 1 is 1.02 bits per heavy atom. The first-order valence-corrected chi connectivity index (χ1v) is 15.4. The summed E-state index contributed by atoms with van der Waals surface area (Å²) in [7, 11) is -1.63. The van der Waals surface area contributed by atoms with Crippen molar-refractivity contribution in [3.05, 3.63) is 23.3 Å². The number of morpholine rings is 1. The molecule has 0 aromatic carbocycles. The van der Waals surface area contributed by atoms with Crippen molar-refractivity contribution < 1.29 is 26.3 Å². The van der Waals surface area contributed by atoms with Gasteiger partial charge in [0, 0.05) is 58.1 Å². The molecule has 0 saturated carbocycles. The molecule has 3 aliphatic heterocycles. The molecule has 41 heavy (non-hydrogen) atoms. The Morgan fingerprint density at radius 2 is 1.73 bits per heavy atom. The van der Waals surface area contributed by atoms with Crippen molar-refractivity contribution in [3.8, 4) is 0 Å². The van der Waals surface area contributed by atoms with Crippen molar-refractivity contribution in [3.63, 3.8) is 0 Å². The Bertz CT molecular complexity index is 1490. The van der Waals surface area contributed by atoms with Gasteiger partial charge in [-0.25, -0.2) is 28.4 Å². The molecule has 3 aliphatic rings. The zero-order valence-electron chi connectivity index (χ0n) is 23.3. The van der Waals surface area contributed by atoms with E-state index in [1.807, 2.05) is 17.9 Å². The number of fused-ring (bicyclic) bond motifs is 1. The zero-order chi connectivity index (χ0) is 29.4. The van der Waals surface area contributed by atoms with E-state index in [-0.39, 0.29) is 49.1 Å². The number of halogens is 3. The lowest BCUT2D eigenvalue weighted by Gasteiger charge is -2.34. The summed E-state index contributed by atoms with van der Waals surface area (Å²) in [5, 5.41) is 3.10. The maximum absolute atomic E-state index is 14.0. The number of alkyl halides is 3. The first kappa shape index (κ1) is 29.3. The fourth-order valence-corrected chi connectivity index (χ4v) is 6.02. The van der Waals surface area contributed by atoms with E-state index in [1.165, 1.54) is 4.31 Å². The minimum absolute atomic E-state index is 0.0606. The highest BCUT2D eigenvalue weighted by atomic mass is 32.2. The fraction of sp³-hybridized carbons (Fsp3) is 0.600. The Morgan fingerprint density at radius 3 is 2.34 bits per heavy atom. The van der Waals surface area contributed by atoms with Crippen LogP contribution in [0.5, 0.6) is 0 Å². The monoisotopic (exact) mass is 597 g/mol. The molecule has 5 rings (SSSR count). The van der Waals surface area contributed by atoms with Crippen LogP contribution in [0.25, 0.3) is 16.7 Å². The van der Waals surface area contributed by atoms with Crippen LogP contribution in [0.4, 0.5) is 24.9 Å². The molecular weight excluding hydrogens is 563 g/mol. The van der Waals surface area contributed by atoms with Crippen molar-refractivity contribution in [1.29, 1.82) is 0 Å². The standard InChI is InChI=1S/C25H34F3N9O3S/c1-4-17-5-6-18(15-30-20(17)29-2)21-32-22(34-11-13-40-14-12-34)19-23(33-21)37(16-25(26,27)28)24(31-19)35-7-9-36(10-8-35)41(3,38)39/h6,15,29H,4-5,7-14,16H2,1-3H3. The Labute approximate surface area is 236 Å². The first-order valence-electron chi connectivity index (χ1n) is 13.5. The normalized spacial score (nSPS) is 19.6. The summed E-state index contributed by atoms with van der Waals surface area (Å²) in [5.74, 6) is 1.52. The molecule has 16 heteroatoms. The van der Waals surface area contributed by atoms with Gasteiger partial charge in [-0.05, 0) is 18.4 Å². The number of hydrogen-bond donors (Lipinski definition) is 1. The highest BCUT2D eigenvalue weighted by Crippen LogP contribution is 2.33. The van der Waals surface area contributed by atoms with E-state index >= 15 is 0 Å². The van der Waals surface area contributed by atoms with Crippen LogP contribution in [-0.4, -0.2) is 110 Å². The van der Waals surface area contributed by atoms with Crippen LogP contribution >= 0.6 is 0 Å². The molecule has 0 atom stereocenters. The van der Waals surface area contributed by atoms with Crippen LogP contribution in [0.1, 0.15) is 25.6 Å². The molecule has 224 valence electrons. The van der Waals surface area contributed by atoms with Gasteiger partial charge in [0.15, 0.2) is 22.8 Å². The average Bonchev–Trinajstić information content (AvgIpc) is 3.15. The molecule has 2 saturated heterocycles. The van der Waals surface area contributed by atoms with Gasteiger partial charge < -0.3 is 19.9 Å². The molecular formula is C25H34F3N9O3S. The number of aliphatic imine (C=N–C) groups is 1. The topological polar surface area (TPSA) is 121 Å². The van der Waals surface area contributed by atoms with Gasteiger partial charge in [0.05, 0.1) is 19.5 Å². The number of nitrogens with zero attached hydrogens (tertiary/aromatic N) is 8. The van der Waals surface area contributed by atoms with Crippen molar-refractivity contribution >= 4 is 44.7 Å². The van der Waals surface area contributed by atoms with E-state index in [0.717, 1.165) is 28.6 Å². The van der Waals surface area contributed by atoms with E-state index in [9.17, 15) is 21.6 Å². The SMILES string of the molecule is CCC1=C(NC)N=CC(c2nc(N3CCOCC3)c3nc(N4CCN(S(C)(=O)=O)CC4)n(CC(F)(F)F)c3n2)=CC1. The molecule has 5 heterocycles. The Balaban J connectivity index is 1.64. The van der Waals surface area contributed by atoms with Crippen molar-refractivity contribution in [1.82, 2.24) is 29.1 Å². The van der Waals surface area contributed by atoms with Crippen LogP contribution in [0, 0.1) is 0 Å². The Kier molecular flexibility index (Phi) is 8.25. The summed E-state index contributed by atoms with van der Waals surface area (Å²) in [6.07, 6.45) is 1.52. The molecule has 12 nitrogen and oxygen atoms in total. The third kappa shape index (κ3) is 6.33. The van der Waals surface area contributed by atoms with Gasteiger partial charge in [-0.1, -0.05) is 13.0 Å². The van der Waals surface area contributed by atoms with E-state index in [2.05, 4.69) is 20.3 Å². The van der Waals surface area contributed by atoms with E-state index in [4.69, 9.17) is 9.72 Å². The second-order valence-electron chi connectivity index (χ2n) is 10.1. The Hall–Kier alpha value is -3.24. The minimum Gasteiger partial charge on any atom is -0.378 e. The van der Waals surface area contributed by atoms with Crippen molar-refractivity contribution in [2.75, 3.05) is 75.6 Å². The van der Waals surface area contributed by atoms with Gasteiger partial charge in [-0.15, -0.1) is 0 Å². The smallest absolute Gasteiger partial charge is 0.378 e. The number of anilines is 2. The molecule has 0 unspecified atom stereocenters. The van der Waals surface area contributed by atoms with Gasteiger partial charge >= 0.3 is 6.18 Å². The quantitative estimate of drug-likeness (QED) is 0.511.